The number of nitrogens with zero attached hydrogens (tertiary/aromatic N) is 2. The van der Waals surface area contributed by atoms with Gasteiger partial charge in [0.05, 0.1) is 5.69 Å². The number of rotatable bonds is 3. The molecule has 0 fully saturated rings. The fourth-order valence-corrected chi connectivity index (χ4v) is 2.06. The van der Waals surface area contributed by atoms with E-state index in [0.717, 1.165) is 16.8 Å². The summed E-state index contributed by atoms with van der Waals surface area (Å²) in [5.74, 6) is -0.417. The molecule has 0 saturated heterocycles. The van der Waals surface area contributed by atoms with Gasteiger partial charge in [-0.2, -0.15) is 4.99 Å². The number of hydrogen-bond acceptors (Lipinski definition) is 2. The van der Waals surface area contributed by atoms with Gasteiger partial charge in [-0.1, -0.05) is 12.1 Å². The monoisotopic (exact) mass is 324 g/mol. The van der Waals surface area contributed by atoms with Crippen LogP contribution in [0.3, 0.4) is 0 Å². The van der Waals surface area contributed by atoms with Crippen LogP contribution in [0.4, 0.5) is 11.4 Å². The summed E-state index contributed by atoms with van der Waals surface area (Å²) in [5.41, 5.74) is 20.0. The largest absolute Gasteiger partial charge is 0.370 e. The van der Waals surface area contributed by atoms with Gasteiger partial charge in [0.15, 0.2) is 5.96 Å². The fourth-order valence-electron chi connectivity index (χ4n) is 2.06. The predicted molar refractivity (Wildman–Crippen MR) is 97.4 cm³/mol. The lowest BCUT2D eigenvalue weighted by Crippen LogP contribution is -2.26. The molecule has 2 rings (SSSR count). The molecule has 0 unspecified atom stereocenters. The third-order valence-corrected chi connectivity index (χ3v) is 3.47. The van der Waals surface area contributed by atoms with E-state index in [4.69, 9.17) is 17.2 Å². The molecule has 0 bridgehead atoms. The van der Waals surface area contributed by atoms with Gasteiger partial charge in [-0.3, -0.25) is 4.79 Å². The average molecular weight is 324 g/mol. The van der Waals surface area contributed by atoms with Gasteiger partial charge in [0.1, 0.15) is 0 Å². The maximum absolute atomic E-state index is 12.3. The summed E-state index contributed by atoms with van der Waals surface area (Å²) in [6.45, 7) is 3.97. The highest BCUT2D eigenvalue weighted by molar-refractivity contribution is 6.05. The van der Waals surface area contributed by atoms with E-state index in [0.29, 0.717) is 11.3 Å². The molecular weight excluding hydrogens is 304 g/mol. The molecule has 124 valence electrons. The zero-order valence-electron chi connectivity index (χ0n) is 13.6. The third kappa shape index (κ3) is 4.33. The van der Waals surface area contributed by atoms with Crippen molar-refractivity contribution in [3.8, 4) is 0 Å². The number of hydrogen-bond donors (Lipinski definition) is 4. The molecule has 0 atom stereocenters. The van der Waals surface area contributed by atoms with Crippen molar-refractivity contribution in [2.45, 2.75) is 13.8 Å². The predicted octanol–water partition coefficient (Wildman–Crippen LogP) is 1.78. The van der Waals surface area contributed by atoms with Crippen LogP contribution in [0.25, 0.3) is 0 Å². The highest BCUT2D eigenvalue weighted by atomic mass is 16.1. The number of amides is 1. The van der Waals surface area contributed by atoms with Crippen LogP contribution in [0.1, 0.15) is 21.5 Å². The summed E-state index contributed by atoms with van der Waals surface area (Å²) in [4.78, 5) is 20.0. The minimum Gasteiger partial charge on any atom is -0.370 e. The van der Waals surface area contributed by atoms with Crippen LogP contribution in [-0.4, -0.2) is 17.8 Å². The van der Waals surface area contributed by atoms with Crippen LogP contribution in [0.2, 0.25) is 0 Å². The first-order valence-electron chi connectivity index (χ1n) is 7.28. The van der Waals surface area contributed by atoms with Crippen LogP contribution in [0.15, 0.2) is 52.4 Å². The third-order valence-electron chi connectivity index (χ3n) is 3.47. The van der Waals surface area contributed by atoms with Crippen molar-refractivity contribution >= 4 is 29.2 Å². The Morgan fingerprint density at radius 2 is 1.67 bits per heavy atom. The molecular formula is C17H20N6O. The topological polar surface area (TPSA) is 132 Å². The molecule has 1 amide bonds. The van der Waals surface area contributed by atoms with E-state index >= 15 is 0 Å². The Morgan fingerprint density at radius 1 is 1.00 bits per heavy atom. The average Bonchev–Trinajstić information content (AvgIpc) is 2.51. The molecule has 0 aromatic heterocycles. The van der Waals surface area contributed by atoms with Gasteiger partial charge in [0.25, 0.3) is 5.91 Å². The molecule has 2 aromatic rings. The Morgan fingerprint density at radius 3 is 2.29 bits per heavy atom. The molecule has 0 radical (unpaired) electrons. The van der Waals surface area contributed by atoms with E-state index in [2.05, 4.69) is 15.3 Å². The summed E-state index contributed by atoms with van der Waals surface area (Å²) in [6.07, 6.45) is 0. The van der Waals surface area contributed by atoms with Crippen molar-refractivity contribution in [1.82, 2.24) is 0 Å². The first-order chi connectivity index (χ1) is 11.4. The molecule has 7 N–H and O–H groups in total. The molecule has 7 heteroatoms. The van der Waals surface area contributed by atoms with Gasteiger partial charge in [-0.25, -0.2) is 4.99 Å². The number of carbonyl (C=O) groups is 1. The van der Waals surface area contributed by atoms with Crippen LogP contribution in [0.5, 0.6) is 0 Å². The fraction of sp³-hybridized carbons (Fsp3) is 0.118. The summed E-state index contributed by atoms with van der Waals surface area (Å²) in [5, 5.41) is 2.90. The van der Waals surface area contributed by atoms with E-state index in [1.54, 1.807) is 24.3 Å². The van der Waals surface area contributed by atoms with Gasteiger partial charge >= 0.3 is 0 Å². The van der Waals surface area contributed by atoms with Crippen molar-refractivity contribution in [2.24, 2.45) is 27.2 Å². The standard InChI is InChI=1S/C17H20N6O/c1-10-4-3-5-14(11(10)2)22-15(24)12-6-8-13(9-7-12)21-17(20)23-16(18)19/h3-9H,1-2H3,(H,22,24)(H6,18,19,20,21,23). The van der Waals surface area contributed by atoms with Gasteiger partial charge < -0.3 is 22.5 Å². The number of nitrogens with two attached hydrogens (primary N) is 3. The molecule has 7 nitrogen and oxygen atoms in total. The SMILES string of the molecule is Cc1cccc(NC(=O)c2ccc(N=C(N)N=C(N)N)cc2)c1C. The number of anilines is 1. The summed E-state index contributed by atoms with van der Waals surface area (Å²) >= 11 is 0. The van der Waals surface area contributed by atoms with Crippen molar-refractivity contribution in [1.29, 1.82) is 0 Å². The van der Waals surface area contributed by atoms with Gasteiger partial charge in [-0.15, -0.1) is 0 Å². The lowest BCUT2D eigenvalue weighted by molar-refractivity contribution is 0.102. The smallest absolute Gasteiger partial charge is 0.255 e. The number of benzene rings is 2. The van der Waals surface area contributed by atoms with Gasteiger partial charge in [-0.05, 0) is 55.3 Å². The van der Waals surface area contributed by atoms with Crippen molar-refractivity contribution in [3.05, 3.63) is 59.2 Å². The second kappa shape index (κ2) is 7.28. The molecule has 0 spiro atoms. The minimum absolute atomic E-state index is 0.0532. The lowest BCUT2D eigenvalue weighted by Gasteiger charge is -2.10. The molecule has 24 heavy (non-hydrogen) atoms. The Kier molecular flexibility index (Phi) is 5.16. The second-order valence-corrected chi connectivity index (χ2v) is 5.26. The Balaban J connectivity index is 2.14. The van der Waals surface area contributed by atoms with E-state index in [9.17, 15) is 4.79 Å². The van der Waals surface area contributed by atoms with E-state index in [1.807, 2.05) is 32.0 Å². The second-order valence-electron chi connectivity index (χ2n) is 5.26. The van der Waals surface area contributed by atoms with E-state index in [-0.39, 0.29) is 17.8 Å². The molecule has 0 saturated carbocycles. The maximum atomic E-state index is 12.3. The number of nitrogens with one attached hydrogen (secondary N) is 1. The minimum atomic E-state index is -0.198. The molecule has 0 aliphatic carbocycles. The molecule has 2 aromatic carbocycles. The first kappa shape index (κ1) is 17.0. The normalized spacial score (nSPS) is 11.0. The molecule has 0 aliphatic heterocycles. The zero-order chi connectivity index (χ0) is 17.7. The van der Waals surface area contributed by atoms with Crippen molar-refractivity contribution in [3.63, 3.8) is 0 Å². The van der Waals surface area contributed by atoms with Crippen LogP contribution >= 0.6 is 0 Å². The Labute approximate surface area is 140 Å². The number of guanidine groups is 2. The quantitative estimate of drug-likeness (QED) is 0.506. The van der Waals surface area contributed by atoms with E-state index < -0.39 is 0 Å². The summed E-state index contributed by atoms with van der Waals surface area (Å²) in [7, 11) is 0. The Bertz CT molecular complexity index is 804. The van der Waals surface area contributed by atoms with Crippen LogP contribution in [-0.2, 0) is 0 Å². The van der Waals surface area contributed by atoms with Gasteiger partial charge in [0, 0.05) is 11.3 Å². The maximum Gasteiger partial charge on any atom is 0.255 e. The molecule has 0 aliphatic rings. The lowest BCUT2D eigenvalue weighted by atomic mass is 10.1. The number of aryl methyl sites for hydroxylation is 1. The highest BCUT2D eigenvalue weighted by Gasteiger charge is 2.08. The number of aliphatic imine (C=N–C) groups is 2. The van der Waals surface area contributed by atoms with Crippen molar-refractivity contribution < 1.29 is 4.79 Å². The zero-order valence-corrected chi connectivity index (χ0v) is 13.6. The molecule has 0 heterocycles. The van der Waals surface area contributed by atoms with Crippen molar-refractivity contribution in [2.75, 3.05) is 5.32 Å². The van der Waals surface area contributed by atoms with Crippen LogP contribution in [0, 0.1) is 13.8 Å². The first-order valence-corrected chi connectivity index (χ1v) is 7.28. The summed E-state index contributed by atoms with van der Waals surface area (Å²) in [6, 6.07) is 12.4. The van der Waals surface area contributed by atoms with E-state index in [1.165, 1.54) is 0 Å². The highest BCUT2D eigenvalue weighted by Crippen LogP contribution is 2.19. The number of carbonyl (C=O) groups excluding carboxylic acids is 1. The summed E-state index contributed by atoms with van der Waals surface area (Å²) < 4.78 is 0. The Hall–Kier alpha value is -3.35. The van der Waals surface area contributed by atoms with Gasteiger partial charge in [0.2, 0.25) is 5.96 Å². The van der Waals surface area contributed by atoms with Crippen LogP contribution < -0.4 is 22.5 Å².